The zero-order chi connectivity index (χ0) is 17.2. The van der Waals surface area contributed by atoms with Gasteiger partial charge in [-0.05, 0) is 51.3 Å². The molecule has 23 heavy (non-hydrogen) atoms. The molecule has 4 nitrogen and oxygen atoms in total. The standard InChI is InChI=1S/C19H27NO3/c1-6-14-7-8-16-15(10-18(21)23-17(16)9-14)11-20(13(2)3)12-19(4,5)22/h7-10,13,22H,6,11-12H2,1-5H3. The maximum atomic E-state index is 11.9. The molecule has 2 aromatic rings. The van der Waals surface area contributed by atoms with E-state index in [9.17, 15) is 9.90 Å². The highest BCUT2D eigenvalue weighted by Gasteiger charge is 2.21. The van der Waals surface area contributed by atoms with Gasteiger partial charge in [-0.1, -0.05) is 19.1 Å². The van der Waals surface area contributed by atoms with Crippen molar-refractivity contribution in [3.8, 4) is 0 Å². The number of nitrogens with zero attached hydrogens (tertiary/aromatic N) is 1. The van der Waals surface area contributed by atoms with Gasteiger partial charge in [-0.15, -0.1) is 0 Å². The van der Waals surface area contributed by atoms with Crippen LogP contribution in [0.2, 0.25) is 0 Å². The van der Waals surface area contributed by atoms with E-state index >= 15 is 0 Å². The van der Waals surface area contributed by atoms with E-state index < -0.39 is 5.60 Å². The minimum absolute atomic E-state index is 0.263. The van der Waals surface area contributed by atoms with Gasteiger partial charge in [0.15, 0.2) is 0 Å². The molecule has 1 aromatic heterocycles. The van der Waals surface area contributed by atoms with Gasteiger partial charge in [0, 0.05) is 30.6 Å². The zero-order valence-electron chi connectivity index (χ0n) is 14.7. The third-order valence-corrected chi connectivity index (χ3v) is 4.00. The zero-order valence-corrected chi connectivity index (χ0v) is 14.7. The molecule has 0 fully saturated rings. The molecule has 0 radical (unpaired) electrons. The molecule has 0 saturated carbocycles. The van der Waals surface area contributed by atoms with Gasteiger partial charge in [-0.2, -0.15) is 0 Å². The highest BCUT2D eigenvalue weighted by Crippen LogP contribution is 2.22. The first kappa shape index (κ1) is 17.7. The molecule has 0 bridgehead atoms. The van der Waals surface area contributed by atoms with Crippen LogP contribution in [-0.2, 0) is 13.0 Å². The fourth-order valence-electron chi connectivity index (χ4n) is 2.76. The maximum Gasteiger partial charge on any atom is 0.336 e. The molecule has 0 aliphatic carbocycles. The Labute approximate surface area is 137 Å². The van der Waals surface area contributed by atoms with Crippen molar-refractivity contribution in [3.05, 3.63) is 45.8 Å². The average molecular weight is 317 g/mol. The second-order valence-electron chi connectivity index (χ2n) is 7.09. The summed E-state index contributed by atoms with van der Waals surface area (Å²) in [5.41, 5.74) is 1.62. The summed E-state index contributed by atoms with van der Waals surface area (Å²) in [4.78, 5) is 14.1. The first-order valence-corrected chi connectivity index (χ1v) is 8.21. The normalized spacial score (nSPS) is 12.5. The minimum Gasteiger partial charge on any atom is -0.423 e. The van der Waals surface area contributed by atoms with E-state index in [2.05, 4.69) is 31.7 Å². The largest absolute Gasteiger partial charge is 0.423 e. The van der Waals surface area contributed by atoms with Gasteiger partial charge in [-0.3, -0.25) is 4.90 Å². The highest BCUT2D eigenvalue weighted by molar-refractivity contribution is 5.80. The number of benzene rings is 1. The van der Waals surface area contributed by atoms with E-state index in [1.54, 1.807) is 19.9 Å². The predicted octanol–water partition coefficient (Wildman–Crippen LogP) is 3.34. The molecule has 0 atom stereocenters. The third-order valence-electron chi connectivity index (χ3n) is 4.00. The molecule has 4 heteroatoms. The van der Waals surface area contributed by atoms with Crippen LogP contribution >= 0.6 is 0 Å². The molecule has 1 heterocycles. The van der Waals surface area contributed by atoms with Gasteiger partial charge in [0.25, 0.3) is 0 Å². The molecule has 0 amide bonds. The summed E-state index contributed by atoms with van der Waals surface area (Å²) in [5, 5.41) is 11.1. The molecule has 1 aromatic carbocycles. The fraction of sp³-hybridized carbons (Fsp3) is 0.526. The number of aliphatic hydroxyl groups is 1. The monoisotopic (exact) mass is 317 g/mol. The summed E-state index contributed by atoms with van der Waals surface area (Å²) >= 11 is 0. The predicted molar refractivity (Wildman–Crippen MR) is 93.7 cm³/mol. The molecule has 1 N–H and O–H groups in total. The van der Waals surface area contributed by atoms with Crippen molar-refractivity contribution in [2.24, 2.45) is 0 Å². The molecule has 0 aliphatic heterocycles. The molecule has 0 spiro atoms. The summed E-state index contributed by atoms with van der Waals surface area (Å²) < 4.78 is 5.36. The molecular weight excluding hydrogens is 290 g/mol. The summed E-state index contributed by atoms with van der Waals surface area (Å²) in [6, 6.07) is 7.86. The van der Waals surface area contributed by atoms with Crippen LogP contribution in [0.4, 0.5) is 0 Å². The van der Waals surface area contributed by atoms with E-state index in [1.807, 2.05) is 12.1 Å². The van der Waals surface area contributed by atoms with E-state index in [-0.39, 0.29) is 11.7 Å². The van der Waals surface area contributed by atoms with Gasteiger partial charge in [0.1, 0.15) is 5.58 Å². The first-order valence-electron chi connectivity index (χ1n) is 8.21. The van der Waals surface area contributed by atoms with Crippen LogP contribution in [0.15, 0.2) is 33.5 Å². The lowest BCUT2D eigenvalue weighted by molar-refractivity contribution is 0.0226. The Morgan fingerprint density at radius 3 is 2.52 bits per heavy atom. The number of rotatable bonds is 6. The Morgan fingerprint density at radius 1 is 1.26 bits per heavy atom. The van der Waals surface area contributed by atoms with Crippen molar-refractivity contribution in [1.29, 1.82) is 0 Å². The Kier molecular flexibility index (Phi) is 5.27. The maximum absolute atomic E-state index is 11.9. The van der Waals surface area contributed by atoms with E-state index in [0.717, 1.165) is 22.9 Å². The molecule has 0 saturated heterocycles. The van der Waals surface area contributed by atoms with Crippen molar-refractivity contribution in [1.82, 2.24) is 4.90 Å². The number of aryl methyl sites for hydroxylation is 1. The van der Waals surface area contributed by atoms with Gasteiger partial charge in [-0.25, -0.2) is 4.79 Å². The highest BCUT2D eigenvalue weighted by atomic mass is 16.4. The summed E-state index contributed by atoms with van der Waals surface area (Å²) in [6.45, 7) is 11.0. The van der Waals surface area contributed by atoms with Crippen molar-refractivity contribution in [2.75, 3.05) is 6.54 Å². The Morgan fingerprint density at radius 2 is 1.96 bits per heavy atom. The smallest absolute Gasteiger partial charge is 0.336 e. The van der Waals surface area contributed by atoms with Gasteiger partial charge in [0.05, 0.1) is 5.60 Å². The van der Waals surface area contributed by atoms with E-state index in [4.69, 9.17) is 4.42 Å². The lowest BCUT2D eigenvalue weighted by atomic mass is 10.0. The van der Waals surface area contributed by atoms with Gasteiger partial charge in [0.2, 0.25) is 0 Å². The SMILES string of the molecule is CCc1ccc2c(CN(CC(C)(C)O)C(C)C)cc(=O)oc2c1. The lowest BCUT2D eigenvalue weighted by Gasteiger charge is -2.32. The van der Waals surface area contributed by atoms with Crippen LogP contribution in [0.1, 0.15) is 45.7 Å². The van der Waals surface area contributed by atoms with Crippen molar-refractivity contribution in [3.63, 3.8) is 0 Å². The molecule has 2 rings (SSSR count). The van der Waals surface area contributed by atoms with E-state index in [0.29, 0.717) is 18.7 Å². The number of hydrogen-bond acceptors (Lipinski definition) is 4. The Hall–Kier alpha value is -1.65. The molecule has 0 aliphatic rings. The first-order chi connectivity index (χ1) is 10.7. The van der Waals surface area contributed by atoms with Crippen LogP contribution < -0.4 is 5.63 Å². The second-order valence-corrected chi connectivity index (χ2v) is 7.09. The molecular formula is C19H27NO3. The van der Waals surface area contributed by atoms with Gasteiger partial charge >= 0.3 is 5.63 Å². The van der Waals surface area contributed by atoms with Crippen molar-refractivity contribution < 1.29 is 9.52 Å². The summed E-state index contributed by atoms with van der Waals surface area (Å²) in [5.74, 6) is 0. The van der Waals surface area contributed by atoms with Crippen LogP contribution in [0.5, 0.6) is 0 Å². The van der Waals surface area contributed by atoms with Gasteiger partial charge < -0.3 is 9.52 Å². The van der Waals surface area contributed by atoms with Crippen LogP contribution in [-0.4, -0.2) is 28.2 Å². The van der Waals surface area contributed by atoms with Crippen LogP contribution in [0.25, 0.3) is 11.0 Å². The van der Waals surface area contributed by atoms with Crippen LogP contribution in [0, 0.1) is 0 Å². The minimum atomic E-state index is -0.783. The summed E-state index contributed by atoms with van der Waals surface area (Å²) in [7, 11) is 0. The fourth-order valence-corrected chi connectivity index (χ4v) is 2.76. The van der Waals surface area contributed by atoms with Crippen molar-refractivity contribution in [2.45, 2.75) is 59.2 Å². The third kappa shape index (κ3) is 4.66. The lowest BCUT2D eigenvalue weighted by Crippen LogP contribution is -2.42. The Bertz CT molecular complexity index is 725. The van der Waals surface area contributed by atoms with Crippen LogP contribution in [0.3, 0.4) is 0 Å². The molecule has 0 unspecified atom stereocenters. The quantitative estimate of drug-likeness (QED) is 0.830. The topological polar surface area (TPSA) is 53.7 Å². The second kappa shape index (κ2) is 6.85. The van der Waals surface area contributed by atoms with E-state index in [1.165, 1.54) is 0 Å². The Balaban J connectivity index is 2.43. The van der Waals surface area contributed by atoms with Crippen molar-refractivity contribution >= 4 is 11.0 Å². The molecule has 126 valence electrons. The number of fused-ring (bicyclic) bond motifs is 1. The number of hydrogen-bond donors (Lipinski definition) is 1. The average Bonchev–Trinajstić information content (AvgIpc) is 2.44. The summed E-state index contributed by atoms with van der Waals surface area (Å²) in [6.07, 6.45) is 0.903.